The lowest BCUT2D eigenvalue weighted by atomic mass is 10.3. The molecule has 0 aliphatic heterocycles. The molecule has 0 aliphatic rings. The molecule has 1 aromatic rings. The zero-order valence-electron chi connectivity index (χ0n) is 9.13. The van der Waals surface area contributed by atoms with Crippen molar-refractivity contribution in [3.63, 3.8) is 0 Å². The molecule has 0 aromatic carbocycles. The molecule has 4 heteroatoms. The quantitative estimate of drug-likeness (QED) is 0.781. The summed E-state index contributed by atoms with van der Waals surface area (Å²) in [6.45, 7) is 9.78. The van der Waals surface area contributed by atoms with Gasteiger partial charge in [-0.05, 0) is 26.0 Å². The van der Waals surface area contributed by atoms with E-state index in [1.165, 1.54) is 0 Å². The van der Waals surface area contributed by atoms with Crippen molar-refractivity contribution in [2.24, 2.45) is 0 Å². The molecular weight excluding hydrogens is 210 g/mol. The van der Waals surface area contributed by atoms with Crippen LogP contribution in [0.3, 0.4) is 0 Å². The van der Waals surface area contributed by atoms with Gasteiger partial charge >= 0.3 is 0 Å². The van der Waals surface area contributed by atoms with Gasteiger partial charge in [0.2, 0.25) is 0 Å². The summed E-state index contributed by atoms with van der Waals surface area (Å²) in [6, 6.07) is 3.71. The van der Waals surface area contributed by atoms with Crippen LogP contribution in [-0.2, 0) is 0 Å². The molecule has 15 heavy (non-hydrogen) atoms. The minimum atomic E-state index is 0.504. The van der Waals surface area contributed by atoms with Crippen LogP contribution in [0.5, 0.6) is 0 Å². The zero-order valence-corrected chi connectivity index (χ0v) is 9.88. The standard InChI is InChI=1S/C11H16ClN3/c1-4-13-9(3)15(5-2)10-6-7-11(12)14-8-10/h6-8,13H,3-5H2,1-2H3. The van der Waals surface area contributed by atoms with Crippen LogP contribution < -0.4 is 10.2 Å². The Morgan fingerprint density at radius 3 is 2.73 bits per heavy atom. The van der Waals surface area contributed by atoms with Gasteiger partial charge in [-0.3, -0.25) is 0 Å². The summed E-state index contributed by atoms with van der Waals surface area (Å²) in [7, 11) is 0. The van der Waals surface area contributed by atoms with Crippen molar-refractivity contribution in [2.75, 3.05) is 18.0 Å². The molecule has 1 rings (SSSR count). The normalized spacial score (nSPS) is 9.80. The number of hydrogen-bond donors (Lipinski definition) is 1. The maximum Gasteiger partial charge on any atom is 0.129 e. The average molecular weight is 226 g/mol. The van der Waals surface area contributed by atoms with Crippen LogP contribution in [0.25, 0.3) is 0 Å². The molecule has 0 saturated heterocycles. The van der Waals surface area contributed by atoms with Crippen LogP contribution in [0.2, 0.25) is 5.15 Å². The SMILES string of the molecule is C=C(NCC)N(CC)c1ccc(Cl)nc1. The van der Waals surface area contributed by atoms with Gasteiger partial charge in [-0.2, -0.15) is 0 Å². The maximum atomic E-state index is 5.73. The summed E-state index contributed by atoms with van der Waals surface area (Å²) >= 11 is 5.73. The Labute approximate surface area is 95.8 Å². The van der Waals surface area contributed by atoms with Crippen LogP contribution in [-0.4, -0.2) is 18.1 Å². The highest BCUT2D eigenvalue weighted by atomic mass is 35.5. The summed E-state index contributed by atoms with van der Waals surface area (Å²) in [5, 5.41) is 3.68. The number of halogens is 1. The van der Waals surface area contributed by atoms with Gasteiger partial charge in [0.1, 0.15) is 5.15 Å². The number of hydrogen-bond acceptors (Lipinski definition) is 3. The third-order valence-electron chi connectivity index (χ3n) is 2.05. The van der Waals surface area contributed by atoms with E-state index < -0.39 is 0 Å². The van der Waals surface area contributed by atoms with Crippen molar-refractivity contribution < 1.29 is 0 Å². The molecule has 1 aromatic heterocycles. The van der Waals surface area contributed by atoms with Gasteiger partial charge in [0.05, 0.1) is 17.7 Å². The number of rotatable bonds is 5. The molecular formula is C11H16ClN3. The number of nitrogens with zero attached hydrogens (tertiary/aromatic N) is 2. The van der Waals surface area contributed by atoms with Crippen molar-refractivity contribution in [3.8, 4) is 0 Å². The fourth-order valence-electron chi connectivity index (χ4n) is 1.36. The summed E-state index contributed by atoms with van der Waals surface area (Å²) in [5.41, 5.74) is 0.993. The molecule has 0 fully saturated rings. The number of anilines is 1. The summed E-state index contributed by atoms with van der Waals surface area (Å²) in [4.78, 5) is 6.09. The molecule has 0 amide bonds. The maximum absolute atomic E-state index is 5.73. The molecule has 1 heterocycles. The summed E-state index contributed by atoms with van der Waals surface area (Å²) < 4.78 is 0. The lowest BCUT2D eigenvalue weighted by Gasteiger charge is -2.25. The second-order valence-corrected chi connectivity index (χ2v) is 3.45. The first-order valence-corrected chi connectivity index (χ1v) is 5.38. The Morgan fingerprint density at radius 1 is 1.53 bits per heavy atom. The highest BCUT2D eigenvalue weighted by molar-refractivity contribution is 6.29. The van der Waals surface area contributed by atoms with E-state index in [4.69, 9.17) is 11.6 Å². The monoisotopic (exact) mass is 225 g/mol. The number of nitrogens with one attached hydrogen (secondary N) is 1. The fraction of sp³-hybridized carbons (Fsp3) is 0.364. The smallest absolute Gasteiger partial charge is 0.129 e. The van der Waals surface area contributed by atoms with Crippen LogP contribution in [0.4, 0.5) is 5.69 Å². The topological polar surface area (TPSA) is 28.2 Å². The number of pyridine rings is 1. The van der Waals surface area contributed by atoms with Crippen LogP contribution in [0, 0.1) is 0 Å². The summed E-state index contributed by atoms with van der Waals surface area (Å²) in [6.07, 6.45) is 1.74. The van der Waals surface area contributed by atoms with Gasteiger partial charge < -0.3 is 10.2 Å². The minimum absolute atomic E-state index is 0.504. The van der Waals surface area contributed by atoms with Gasteiger partial charge in [0, 0.05) is 13.1 Å². The van der Waals surface area contributed by atoms with Gasteiger partial charge in [-0.1, -0.05) is 18.2 Å². The lowest BCUT2D eigenvalue weighted by Crippen LogP contribution is -2.30. The zero-order chi connectivity index (χ0) is 11.3. The third kappa shape index (κ3) is 3.13. The minimum Gasteiger partial charge on any atom is -0.372 e. The third-order valence-corrected chi connectivity index (χ3v) is 2.27. The van der Waals surface area contributed by atoms with Crippen LogP contribution in [0.1, 0.15) is 13.8 Å². The van der Waals surface area contributed by atoms with E-state index in [-0.39, 0.29) is 0 Å². The van der Waals surface area contributed by atoms with Crippen LogP contribution >= 0.6 is 11.6 Å². The van der Waals surface area contributed by atoms with Crippen molar-refractivity contribution in [3.05, 3.63) is 35.9 Å². The predicted octanol–water partition coefficient (Wildman–Crippen LogP) is 2.64. The molecule has 0 atom stereocenters. The van der Waals surface area contributed by atoms with Gasteiger partial charge in [0.15, 0.2) is 0 Å². The highest BCUT2D eigenvalue weighted by Gasteiger charge is 2.07. The second-order valence-electron chi connectivity index (χ2n) is 3.06. The lowest BCUT2D eigenvalue weighted by molar-refractivity contribution is 0.782. The van der Waals surface area contributed by atoms with E-state index in [1.54, 1.807) is 12.3 Å². The van der Waals surface area contributed by atoms with Gasteiger partial charge in [-0.25, -0.2) is 4.98 Å². The molecule has 82 valence electrons. The Balaban J connectivity index is 2.82. The Hall–Kier alpha value is -1.22. The Kier molecular flexibility index (Phi) is 4.43. The fourth-order valence-corrected chi connectivity index (χ4v) is 1.47. The first-order valence-electron chi connectivity index (χ1n) is 5.00. The van der Waals surface area contributed by atoms with E-state index in [2.05, 4.69) is 23.8 Å². The molecule has 0 radical (unpaired) electrons. The highest BCUT2D eigenvalue weighted by Crippen LogP contribution is 2.17. The predicted molar refractivity (Wildman–Crippen MR) is 65.1 cm³/mol. The first kappa shape index (κ1) is 11.9. The Morgan fingerprint density at radius 2 is 2.27 bits per heavy atom. The van der Waals surface area contributed by atoms with E-state index in [9.17, 15) is 0 Å². The molecule has 0 saturated carbocycles. The average Bonchev–Trinajstić information content (AvgIpc) is 2.22. The van der Waals surface area contributed by atoms with Gasteiger partial charge in [-0.15, -0.1) is 0 Å². The van der Waals surface area contributed by atoms with E-state index in [0.717, 1.165) is 24.6 Å². The first-order chi connectivity index (χ1) is 7.19. The van der Waals surface area contributed by atoms with Crippen molar-refractivity contribution in [1.82, 2.24) is 10.3 Å². The molecule has 0 spiro atoms. The van der Waals surface area contributed by atoms with E-state index in [1.807, 2.05) is 17.9 Å². The van der Waals surface area contributed by atoms with E-state index >= 15 is 0 Å². The number of aromatic nitrogens is 1. The van der Waals surface area contributed by atoms with E-state index in [0.29, 0.717) is 5.15 Å². The molecule has 0 bridgehead atoms. The molecule has 1 N–H and O–H groups in total. The second kappa shape index (κ2) is 5.61. The Bertz CT molecular complexity index is 321. The molecule has 0 aliphatic carbocycles. The molecule has 0 unspecified atom stereocenters. The van der Waals surface area contributed by atoms with Crippen molar-refractivity contribution in [2.45, 2.75) is 13.8 Å². The van der Waals surface area contributed by atoms with Crippen LogP contribution in [0.15, 0.2) is 30.7 Å². The molecule has 3 nitrogen and oxygen atoms in total. The summed E-state index contributed by atoms with van der Waals surface area (Å²) in [5.74, 6) is 0.879. The van der Waals surface area contributed by atoms with Crippen molar-refractivity contribution >= 4 is 17.3 Å². The van der Waals surface area contributed by atoms with Crippen molar-refractivity contribution in [1.29, 1.82) is 0 Å². The van der Waals surface area contributed by atoms with Gasteiger partial charge in [0.25, 0.3) is 0 Å². The largest absolute Gasteiger partial charge is 0.372 e.